The maximum absolute atomic E-state index is 12.1. The van der Waals surface area contributed by atoms with E-state index < -0.39 is 0 Å². The number of carbonyl (C=O) groups is 2. The smallest absolute Gasteiger partial charge is 0.308 e. The zero-order chi connectivity index (χ0) is 15.2. The van der Waals surface area contributed by atoms with Crippen LogP contribution in [0.25, 0.3) is 0 Å². The van der Waals surface area contributed by atoms with Crippen LogP contribution in [0.3, 0.4) is 0 Å². The van der Waals surface area contributed by atoms with Crippen molar-refractivity contribution < 1.29 is 19.1 Å². The van der Waals surface area contributed by atoms with Crippen molar-refractivity contribution in [2.45, 2.75) is 51.6 Å². The van der Waals surface area contributed by atoms with Crippen molar-refractivity contribution >= 4 is 11.9 Å². The monoisotopic (exact) mass is 297 g/mol. The molecule has 1 heterocycles. The molecule has 2 rings (SSSR count). The van der Waals surface area contributed by atoms with Crippen LogP contribution in [0.2, 0.25) is 0 Å². The maximum atomic E-state index is 12.1. The first-order valence-electron chi connectivity index (χ1n) is 8.07. The third-order valence-corrected chi connectivity index (χ3v) is 4.66. The fourth-order valence-corrected chi connectivity index (χ4v) is 3.33. The number of rotatable bonds is 4. The number of esters is 1. The number of carbonyl (C=O) groups excluding carboxylic acids is 2. The van der Waals surface area contributed by atoms with Crippen LogP contribution in [-0.2, 0) is 19.1 Å². The molecule has 5 nitrogen and oxygen atoms in total. The molecule has 1 atom stereocenters. The lowest BCUT2D eigenvalue weighted by Gasteiger charge is -2.32. The van der Waals surface area contributed by atoms with Crippen molar-refractivity contribution in [2.24, 2.45) is 11.8 Å². The molecule has 5 heteroatoms. The van der Waals surface area contributed by atoms with Crippen molar-refractivity contribution in [3.63, 3.8) is 0 Å². The summed E-state index contributed by atoms with van der Waals surface area (Å²) >= 11 is 0. The number of methoxy groups -OCH3 is 1. The zero-order valence-electron chi connectivity index (χ0n) is 13.2. The molecule has 1 saturated carbocycles. The number of amides is 1. The highest BCUT2D eigenvalue weighted by atomic mass is 16.5. The molecule has 120 valence electrons. The van der Waals surface area contributed by atoms with Crippen LogP contribution in [0, 0.1) is 11.8 Å². The normalized spacial score (nSPS) is 30.0. The number of nitrogens with zero attached hydrogens (tertiary/aromatic N) is 1. The lowest BCUT2D eigenvalue weighted by molar-refractivity contribution is -0.149. The van der Waals surface area contributed by atoms with Gasteiger partial charge in [-0.15, -0.1) is 0 Å². The Bertz CT molecular complexity index is 363. The minimum absolute atomic E-state index is 0.00787. The number of hydrogen-bond donors (Lipinski definition) is 0. The number of ether oxygens (including phenoxy) is 2. The molecule has 2 aliphatic rings. The van der Waals surface area contributed by atoms with Gasteiger partial charge in [0.2, 0.25) is 5.91 Å². The number of likely N-dealkylation sites (tertiary alicyclic amines) is 1. The fraction of sp³-hybridized carbons (Fsp3) is 0.875. The van der Waals surface area contributed by atoms with Crippen LogP contribution < -0.4 is 0 Å². The second-order valence-corrected chi connectivity index (χ2v) is 6.39. The molecule has 1 amide bonds. The summed E-state index contributed by atoms with van der Waals surface area (Å²) < 4.78 is 10.5. The summed E-state index contributed by atoms with van der Waals surface area (Å²) in [7, 11) is 1.43. The van der Waals surface area contributed by atoms with E-state index in [0.717, 1.165) is 45.2 Å². The molecule has 0 aromatic heterocycles. The van der Waals surface area contributed by atoms with E-state index in [9.17, 15) is 9.59 Å². The summed E-state index contributed by atoms with van der Waals surface area (Å²) in [6, 6.07) is 0. The van der Waals surface area contributed by atoms with E-state index in [2.05, 4.69) is 6.92 Å². The SMILES string of the molecule is COC(=O)C1CCC(OCC(=O)N2CCCC(C)C2)CC1. The summed E-state index contributed by atoms with van der Waals surface area (Å²) in [5.74, 6) is 0.593. The predicted molar refractivity (Wildman–Crippen MR) is 78.7 cm³/mol. The summed E-state index contributed by atoms with van der Waals surface area (Å²) in [5, 5.41) is 0. The first-order valence-corrected chi connectivity index (χ1v) is 8.07. The third kappa shape index (κ3) is 4.70. The van der Waals surface area contributed by atoms with Gasteiger partial charge in [0.25, 0.3) is 0 Å². The largest absolute Gasteiger partial charge is 0.469 e. The van der Waals surface area contributed by atoms with Crippen molar-refractivity contribution in [1.82, 2.24) is 4.90 Å². The van der Waals surface area contributed by atoms with Gasteiger partial charge in [-0.1, -0.05) is 6.92 Å². The van der Waals surface area contributed by atoms with E-state index >= 15 is 0 Å². The van der Waals surface area contributed by atoms with Crippen molar-refractivity contribution in [1.29, 1.82) is 0 Å². The first-order chi connectivity index (χ1) is 10.1. The van der Waals surface area contributed by atoms with Crippen LogP contribution in [0.15, 0.2) is 0 Å². The molecule has 1 unspecified atom stereocenters. The third-order valence-electron chi connectivity index (χ3n) is 4.66. The Morgan fingerprint density at radius 1 is 1.14 bits per heavy atom. The summed E-state index contributed by atoms with van der Waals surface area (Å²) in [4.78, 5) is 25.5. The van der Waals surface area contributed by atoms with E-state index in [1.165, 1.54) is 13.5 Å². The van der Waals surface area contributed by atoms with Gasteiger partial charge in [-0.05, 0) is 44.4 Å². The molecular formula is C16H27NO4. The van der Waals surface area contributed by atoms with Crippen LogP contribution in [-0.4, -0.2) is 49.7 Å². The van der Waals surface area contributed by atoms with Gasteiger partial charge in [0.15, 0.2) is 0 Å². The average molecular weight is 297 g/mol. The second-order valence-electron chi connectivity index (χ2n) is 6.39. The minimum Gasteiger partial charge on any atom is -0.469 e. The van der Waals surface area contributed by atoms with Crippen LogP contribution in [0.1, 0.15) is 45.4 Å². The molecular weight excluding hydrogens is 270 g/mol. The maximum Gasteiger partial charge on any atom is 0.308 e. The molecule has 0 bridgehead atoms. The van der Waals surface area contributed by atoms with E-state index in [0.29, 0.717) is 5.92 Å². The highest BCUT2D eigenvalue weighted by molar-refractivity contribution is 5.77. The van der Waals surface area contributed by atoms with Crippen LogP contribution in [0.4, 0.5) is 0 Å². The Labute approximate surface area is 127 Å². The van der Waals surface area contributed by atoms with Gasteiger partial charge in [0.1, 0.15) is 6.61 Å². The summed E-state index contributed by atoms with van der Waals surface area (Å²) in [5.41, 5.74) is 0. The van der Waals surface area contributed by atoms with Crippen molar-refractivity contribution in [3.05, 3.63) is 0 Å². The number of piperidine rings is 1. The Balaban J connectivity index is 1.67. The Kier molecular flexibility index (Phi) is 6.03. The molecule has 0 radical (unpaired) electrons. The molecule has 0 aromatic carbocycles. The molecule has 1 aliphatic carbocycles. The molecule has 1 aliphatic heterocycles. The first kappa shape index (κ1) is 16.3. The highest BCUT2D eigenvalue weighted by Gasteiger charge is 2.28. The highest BCUT2D eigenvalue weighted by Crippen LogP contribution is 2.27. The Morgan fingerprint density at radius 2 is 1.86 bits per heavy atom. The zero-order valence-corrected chi connectivity index (χ0v) is 13.2. The predicted octanol–water partition coefficient (Wildman–Crippen LogP) is 1.99. The van der Waals surface area contributed by atoms with Gasteiger partial charge in [0, 0.05) is 13.1 Å². The van der Waals surface area contributed by atoms with Crippen LogP contribution in [0.5, 0.6) is 0 Å². The topological polar surface area (TPSA) is 55.8 Å². The van der Waals surface area contributed by atoms with E-state index in [4.69, 9.17) is 9.47 Å². The Morgan fingerprint density at radius 3 is 2.48 bits per heavy atom. The lowest BCUT2D eigenvalue weighted by Crippen LogP contribution is -2.41. The van der Waals surface area contributed by atoms with Crippen LogP contribution >= 0.6 is 0 Å². The Hall–Kier alpha value is -1.10. The lowest BCUT2D eigenvalue weighted by atomic mass is 9.87. The van der Waals surface area contributed by atoms with E-state index in [-0.39, 0.29) is 30.5 Å². The van der Waals surface area contributed by atoms with Gasteiger partial charge in [-0.25, -0.2) is 0 Å². The van der Waals surface area contributed by atoms with Crippen molar-refractivity contribution in [3.8, 4) is 0 Å². The molecule has 21 heavy (non-hydrogen) atoms. The van der Waals surface area contributed by atoms with Gasteiger partial charge in [0.05, 0.1) is 19.1 Å². The second kappa shape index (κ2) is 7.78. The van der Waals surface area contributed by atoms with Crippen molar-refractivity contribution in [2.75, 3.05) is 26.8 Å². The molecule has 0 aromatic rings. The molecule has 1 saturated heterocycles. The average Bonchev–Trinajstić information content (AvgIpc) is 2.52. The van der Waals surface area contributed by atoms with E-state index in [1.54, 1.807) is 0 Å². The van der Waals surface area contributed by atoms with Gasteiger partial charge in [-0.3, -0.25) is 9.59 Å². The van der Waals surface area contributed by atoms with Gasteiger partial charge >= 0.3 is 5.97 Å². The van der Waals surface area contributed by atoms with Gasteiger partial charge < -0.3 is 14.4 Å². The number of hydrogen-bond acceptors (Lipinski definition) is 4. The fourth-order valence-electron chi connectivity index (χ4n) is 3.33. The summed E-state index contributed by atoms with van der Waals surface area (Å²) in [6.07, 6.45) is 5.68. The minimum atomic E-state index is -0.119. The summed E-state index contributed by atoms with van der Waals surface area (Å²) in [6.45, 7) is 4.09. The quantitative estimate of drug-likeness (QED) is 0.745. The molecule has 2 fully saturated rings. The van der Waals surface area contributed by atoms with Gasteiger partial charge in [-0.2, -0.15) is 0 Å². The molecule has 0 spiro atoms. The molecule has 0 N–H and O–H groups in total. The van der Waals surface area contributed by atoms with E-state index in [1.807, 2.05) is 4.90 Å². The standard InChI is InChI=1S/C16H27NO4/c1-12-4-3-9-17(10-12)15(18)11-21-14-7-5-13(6-8-14)16(19)20-2/h12-14H,3-11H2,1-2H3.